The van der Waals surface area contributed by atoms with Crippen LogP contribution in [0.25, 0.3) is 0 Å². The average molecular weight is 250 g/mol. The number of aliphatic hydroxyl groups excluding tert-OH is 1. The Bertz CT molecular complexity index is 568. The maximum Gasteiger partial charge on any atom is 0.201 e. The lowest BCUT2D eigenvalue weighted by Crippen LogP contribution is -1.95. The highest BCUT2D eigenvalue weighted by molar-refractivity contribution is 5.40. The van der Waals surface area contributed by atoms with Gasteiger partial charge in [-0.3, -0.25) is 0 Å². The summed E-state index contributed by atoms with van der Waals surface area (Å²) in [6.45, 7) is 1.64. The van der Waals surface area contributed by atoms with Crippen molar-refractivity contribution in [1.29, 1.82) is 0 Å². The predicted molar refractivity (Wildman–Crippen MR) is 63.5 cm³/mol. The van der Waals surface area contributed by atoms with Crippen LogP contribution in [0.5, 0.6) is 11.5 Å². The standard InChI is InChI=1S/C14H12F2O2/c1-9-5-6-12(10(7-9)8-17)18-13-4-2-3-11(15)14(13)16/h2-7,17H,8H2,1H3. The van der Waals surface area contributed by atoms with E-state index in [1.807, 2.05) is 6.92 Å². The smallest absolute Gasteiger partial charge is 0.201 e. The van der Waals surface area contributed by atoms with Gasteiger partial charge in [0.25, 0.3) is 0 Å². The molecule has 0 heterocycles. The summed E-state index contributed by atoms with van der Waals surface area (Å²) in [4.78, 5) is 0. The van der Waals surface area contributed by atoms with Crippen molar-refractivity contribution >= 4 is 0 Å². The van der Waals surface area contributed by atoms with Crippen LogP contribution in [-0.4, -0.2) is 5.11 Å². The van der Waals surface area contributed by atoms with Gasteiger partial charge >= 0.3 is 0 Å². The molecule has 2 aromatic rings. The SMILES string of the molecule is Cc1ccc(Oc2cccc(F)c2F)c(CO)c1. The first kappa shape index (κ1) is 12.5. The average Bonchev–Trinajstić information content (AvgIpc) is 2.37. The van der Waals surface area contributed by atoms with Crippen LogP contribution in [0.1, 0.15) is 11.1 Å². The molecule has 0 spiro atoms. The van der Waals surface area contributed by atoms with Gasteiger partial charge in [0.15, 0.2) is 11.6 Å². The van der Waals surface area contributed by atoms with Crippen molar-refractivity contribution in [3.05, 3.63) is 59.2 Å². The Labute approximate surface area is 103 Å². The minimum Gasteiger partial charge on any atom is -0.454 e. The monoisotopic (exact) mass is 250 g/mol. The number of hydrogen-bond donors (Lipinski definition) is 1. The summed E-state index contributed by atoms with van der Waals surface area (Å²) in [6.07, 6.45) is 0. The van der Waals surface area contributed by atoms with Crippen LogP contribution in [0.4, 0.5) is 8.78 Å². The van der Waals surface area contributed by atoms with Crippen molar-refractivity contribution in [2.75, 3.05) is 0 Å². The number of hydrogen-bond acceptors (Lipinski definition) is 2. The molecule has 2 rings (SSSR count). The van der Waals surface area contributed by atoms with E-state index in [2.05, 4.69) is 0 Å². The van der Waals surface area contributed by atoms with Crippen LogP contribution in [0.15, 0.2) is 36.4 Å². The zero-order valence-corrected chi connectivity index (χ0v) is 9.78. The van der Waals surface area contributed by atoms with Crippen LogP contribution >= 0.6 is 0 Å². The van der Waals surface area contributed by atoms with Gasteiger partial charge in [0.2, 0.25) is 5.82 Å². The molecule has 0 radical (unpaired) electrons. The summed E-state index contributed by atoms with van der Waals surface area (Å²) in [5.41, 5.74) is 1.48. The lowest BCUT2D eigenvalue weighted by molar-refractivity contribution is 0.275. The lowest BCUT2D eigenvalue weighted by Gasteiger charge is -2.11. The molecule has 0 fully saturated rings. The van der Waals surface area contributed by atoms with Crippen molar-refractivity contribution in [2.24, 2.45) is 0 Å². The van der Waals surface area contributed by atoms with E-state index < -0.39 is 11.6 Å². The molecule has 0 aromatic heterocycles. The van der Waals surface area contributed by atoms with Crippen LogP contribution in [0, 0.1) is 18.6 Å². The third-order valence-electron chi connectivity index (χ3n) is 2.52. The molecule has 94 valence electrons. The van der Waals surface area contributed by atoms with E-state index in [1.165, 1.54) is 12.1 Å². The molecule has 0 aliphatic rings. The normalized spacial score (nSPS) is 10.4. The molecule has 0 amide bonds. The van der Waals surface area contributed by atoms with Gasteiger partial charge in [-0.2, -0.15) is 4.39 Å². The van der Waals surface area contributed by atoms with Gasteiger partial charge in [0, 0.05) is 5.56 Å². The Balaban J connectivity index is 2.37. The van der Waals surface area contributed by atoms with E-state index in [1.54, 1.807) is 18.2 Å². The van der Waals surface area contributed by atoms with Crippen LogP contribution in [0.2, 0.25) is 0 Å². The Hall–Kier alpha value is -1.94. The van der Waals surface area contributed by atoms with Crippen LogP contribution in [0.3, 0.4) is 0 Å². The first-order chi connectivity index (χ1) is 8.61. The number of ether oxygens (including phenoxy) is 1. The third-order valence-corrected chi connectivity index (χ3v) is 2.52. The first-order valence-electron chi connectivity index (χ1n) is 5.44. The van der Waals surface area contributed by atoms with Crippen LogP contribution in [-0.2, 0) is 6.61 Å². The second-order valence-corrected chi connectivity index (χ2v) is 3.92. The van der Waals surface area contributed by atoms with Gasteiger partial charge in [-0.15, -0.1) is 0 Å². The largest absolute Gasteiger partial charge is 0.454 e. The highest BCUT2D eigenvalue weighted by atomic mass is 19.2. The quantitative estimate of drug-likeness (QED) is 0.902. The molecular formula is C14H12F2O2. The van der Waals surface area contributed by atoms with Crippen molar-refractivity contribution < 1.29 is 18.6 Å². The van der Waals surface area contributed by atoms with E-state index in [0.717, 1.165) is 11.6 Å². The molecule has 0 aliphatic heterocycles. The highest BCUT2D eigenvalue weighted by Crippen LogP contribution is 2.29. The zero-order chi connectivity index (χ0) is 13.1. The topological polar surface area (TPSA) is 29.5 Å². The van der Waals surface area contributed by atoms with Gasteiger partial charge in [0.05, 0.1) is 6.61 Å². The summed E-state index contributed by atoms with van der Waals surface area (Å²) in [5, 5.41) is 9.20. The van der Waals surface area contributed by atoms with Crippen molar-refractivity contribution in [1.82, 2.24) is 0 Å². The summed E-state index contributed by atoms with van der Waals surface area (Å²) in [5.74, 6) is -1.90. The Morgan fingerprint density at radius 1 is 1.11 bits per heavy atom. The summed E-state index contributed by atoms with van der Waals surface area (Å²) in [6, 6.07) is 8.83. The molecule has 0 bridgehead atoms. The van der Waals surface area contributed by atoms with E-state index in [4.69, 9.17) is 4.74 Å². The molecule has 2 nitrogen and oxygen atoms in total. The number of halogens is 2. The van der Waals surface area contributed by atoms with Gasteiger partial charge in [-0.05, 0) is 25.1 Å². The number of benzene rings is 2. The minimum absolute atomic E-state index is 0.200. The molecule has 18 heavy (non-hydrogen) atoms. The second kappa shape index (κ2) is 5.14. The number of aliphatic hydroxyl groups is 1. The summed E-state index contributed by atoms with van der Waals surface area (Å²) < 4.78 is 31.8. The fraction of sp³-hybridized carbons (Fsp3) is 0.143. The minimum atomic E-state index is -1.04. The molecule has 0 aliphatic carbocycles. The molecule has 0 atom stereocenters. The Morgan fingerprint density at radius 3 is 2.61 bits per heavy atom. The Morgan fingerprint density at radius 2 is 1.89 bits per heavy atom. The van der Waals surface area contributed by atoms with E-state index in [-0.39, 0.29) is 12.4 Å². The molecular weight excluding hydrogens is 238 g/mol. The van der Waals surface area contributed by atoms with Gasteiger partial charge in [-0.25, -0.2) is 4.39 Å². The molecule has 4 heteroatoms. The molecule has 2 aromatic carbocycles. The fourth-order valence-corrected chi connectivity index (χ4v) is 1.61. The highest BCUT2D eigenvalue weighted by Gasteiger charge is 2.11. The maximum absolute atomic E-state index is 13.4. The number of aryl methyl sites for hydroxylation is 1. The first-order valence-corrected chi connectivity index (χ1v) is 5.44. The third kappa shape index (κ3) is 2.49. The Kier molecular flexibility index (Phi) is 3.58. The summed E-state index contributed by atoms with van der Waals surface area (Å²) in [7, 11) is 0. The van der Waals surface area contributed by atoms with Crippen molar-refractivity contribution in [2.45, 2.75) is 13.5 Å². The lowest BCUT2D eigenvalue weighted by atomic mass is 10.1. The van der Waals surface area contributed by atoms with Gasteiger partial charge in [-0.1, -0.05) is 23.8 Å². The van der Waals surface area contributed by atoms with Crippen LogP contribution < -0.4 is 4.74 Å². The molecule has 0 saturated heterocycles. The van der Waals surface area contributed by atoms with Crippen molar-refractivity contribution in [3.8, 4) is 11.5 Å². The zero-order valence-electron chi connectivity index (χ0n) is 9.78. The number of rotatable bonds is 3. The van der Waals surface area contributed by atoms with Crippen molar-refractivity contribution in [3.63, 3.8) is 0 Å². The van der Waals surface area contributed by atoms with E-state index in [9.17, 15) is 13.9 Å². The van der Waals surface area contributed by atoms with E-state index in [0.29, 0.717) is 11.3 Å². The fourth-order valence-electron chi connectivity index (χ4n) is 1.61. The molecule has 0 unspecified atom stereocenters. The van der Waals surface area contributed by atoms with Gasteiger partial charge in [0.1, 0.15) is 5.75 Å². The van der Waals surface area contributed by atoms with Gasteiger partial charge < -0.3 is 9.84 Å². The second-order valence-electron chi connectivity index (χ2n) is 3.92. The molecule has 1 N–H and O–H groups in total. The molecule has 0 saturated carbocycles. The maximum atomic E-state index is 13.4. The predicted octanol–water partition coefficient (Wildman–Crippen LogP) is 3.56. The summed E-state index contributed by atoms with van der Waals surface area (Å²) >= 11 is 0. The van der Waals surface area contributed by atoms with E-state index >= 15 is 0 Å².